The molecule has 0 aliphatic rings. The van der Waals surface area contributed by atoms with Gasteiger partial charge in [-0.05, 0) is 25.1 Å². The van der Waals surface area contributed by atoms with E-state index in [1.165, 1.54) is 6.20 Å². The molecule has 98 valence electrons. The Kier molecular flexibility index (Phi) is 2.53. The lowest BCUT2D eigenvalue weighted by Gasteiger charge is -2.05. The third-order valence-corrected chi connectivity index (χ3v) is 3.95. The van der Waals surface area contributed by atoms with Crippen molar-refractivity contribution < 1.29 is 8.42 Å². The molecule has 0 aliphatic heterocycles. The van der Waals surface area contributed by atoms with Gasteiger partial charge >= 0.3 is 0 Å². The van der Waals surface area contributed by atoms with Gasteiger partial charge in [-0.25, -0.2) is 4.98 Å². The zero-order valence-electron chi connectivity index (χ0n) is 10.0. The highest BCUT2D eigenvalue weighted by Crippen LogP contribution is 2.19. The number of imidazole rings is 1. The third kappa shape index (κ3) is 2.17. The van der Waals surface area contributed by atoms with Crippen molar-refractivity contribution in [2.75, 3.05) is 4.72 Å². The normalized spacial score (nSPS) is 11.8. The van der Waals surface area contributed by atoms with E-state index in [4.69, 9.17) is 0 Å². The molecule has 0 amide bonds. The number of aromatic nitrogens is 4. The van der Waals surface area contributed by atoms with Crippen molar-refractivity contribution in [3.63, 3.8) is 0 Å². The Hall–Kier alpha value is -2.35. The van der Waals surface area contributed by atoms with E-state index in [-0.39, 0.29) is 5.03 Å². The molecular formula is C11H11N5O2S. The van der Waals surface area contributed by atoms with Crippen molar-refractivity contribution >= 4 is 26.6 Å². The third-order valence-electron chi connectivity index (χ3n) is 2.66. The second-order valence-corrected chi connectivity index (χ2v) is 5.76. The minimum absolute atomic E-state index is 0.0392. The average molecular weight is 277 g/mol. The summed E-state index contributed by atoms with van der Waals surface area (Å²) in [6.45, 7) is 1.69. The number of aryl methyl sites for hydroxylation is 1. The number of rotatable bonds is 3. The summed E-state index contributed by atoms with van der Waals surface area (Å²) in [4.78, 5) is 6.57. The molecule has 2 heterocycles. The average Bonchev–Trinajstić information content (AvgIpc) is 2.96. The molecule has 0 saturated heterocycles. The SMILES string of the molecule is Cc1ncc(S(=O)(=O)Nc2ccc3[nH]ncc3c2)[nH]1. The maximum atomic E-state index is 12.1. The van der Waals surface area contributed by atoms with Crippen molar-refractivity contribution in [3.8, 4) is 0 Å². The van der Waals surface area contributed by atoms with E-state index in [1.807, 2.05) is 0 Å². The van der Waals surface area contributed by atoms with Crippen LogP contribution < -0.4 is 4.72 Å². The number of sulfonamides is 1. The molecule has 0 atom stereocenters. The fourth-order valence-corrected chi connectivity index (χ4v) is 2.77. The van der Waals surface area contributed by atoms with Crippen LogP contribution in [0.4, 0.5) is 5.69 Å². The van der Waals surface area contributed by atoms with Gasteiger partial charge in [0.05, 0.1) is 17.9 Å². The standard InChI is InChI=1S/C11H11N5O2S/c1-7-12-6-11(14-7)19(17,18)16-9-2-3-10-8(4-9)5-13-15-10/h2-6,16H,1H3,(H,12,14)(H,13,15). The molecule has 0 bridgehead atoms. The number of hydrogen-bond acceptors (Lipinski definition) is 4. The van der Waals surface area contributed by atoms with Crippen LogP contribution in [0, 0.1) is 6.92 Å². The number of H-pyrrole nitrogens is 2. The number of hydrogen-bond donors (Lipinski definition) is 3. The summed E-state index contributed by atoms with van der Waals surface area (Å²) in [6.07, 6.45) is 2.92. The summed E-state index contributed by atoms with van der Waals surface area (Å²) in [5, 5.41) is 7.56. The zero-order valence-corrected chi connectivity index (χ0v) is 10.8. The van der Waals surface area contributed by atoms with Crippen LogP contribution in [0.25, 0.3) is 10.9 Å². The molecule has 0 fully saturated rings. The molecule has 3 N–H and O–H groups in total. The molecule has 0 saturated carbocycles. The Morgan fingerprint density at radius 2 is 2.11 bits per heavy atom. The van der Waals surface area contributed by atoms with E-state index >= 15 is 0 Å². The number of nitrogens with zero attached hydrogens (tertiary/aromatic N) is 2. The largest absolute Gasteiger partial charge is 0.332 e. The van der Waals surface area contributed by atoms with Gasteiger partial charge in [0.2, 0.25) is 0 Å². The molecule has 7 nitrogen and oxygen atoms in total. The molecule has 8 heteroatoms. The molecular weight excluding hydrogens is 266 g/mol. The van der Waals surface area contributed by atoms with E-state index in [0.717, 1.165) is 10.9 Å². The predicted octanol–water partition coefficient (Wildman–Crippen LogP) is 1.40. The molecule has 0 radical (unpaired) electrons. The van der Waals surface area contributed by atoms with E-state index in [1.54, 1.807) is 31.3 Å². The second kappa shape index (κ2) is 4.09. The highest BCUT2D eigenvalue weighted by molar-refractivity contribution is 7.92. The van der Waals surface area contributed by atoms with E-state index in [2.05, 4.69) is 24.9 Å². The molecule has 0 unspecified atom stereocenters. The Balaban J connectivity index is 1.95. The molecule has 0 aliphatic carbocycles. The Morgan fingerprint density at radius 3 is 2.84 bits per heavy atom. The molecule has 2 aromatic heterocycles. The van der Waals surface area contributed by atoms with Crippen molar-refractivity contribution in [2.45, 2.75) is 11.9 Å². The van der Waals surface area contributed by atoms with Crippen molar-refractivity contribution in [1.29, 1.82) is 0 Å². The van der Waals surface area contributed by atoms with E-state index in [0.29, 0.717) is 11.5 Å². The Morgan fingerprint density at radius 1 is 1.26 bits per heavy atom. The fraction of sp³-hybridized carbons (Fsp3) is 0.0909. The zero-order chi connectivity index (χ0) is 13.5. The highest BCUT2D eigenvalue weighted by Gasteiger charge is 2.16. The van der Waals surface area contributed by atoms with Crippen molar-refractivity contribution in [3.05, 3.63) is 36.4 Å². The molecule has 3 rings (SSSR count). The summed E-state index contributed by atoms with van der Waals surface area (Å²) in [5.74, 6) is 0.547. The first-order valence-corrected chi connectivity index (χ1v) is 7.00. The fourth-order valence-electron chi connectivity index (χ4n) is 1.75. The lowest BCUT2D eigenvalue weighted by molar-refractivity contribution is 0.598. The quantitative estimate of drug-likeness (QED) is 0.673. The van der Waals surface area contributed by atoms with Crippen molar-refractivity contribution in [2.24, 2.45) is 0 Å². The first-order chi connectivity index (χ1) is 9.04. The molecule has 0 spiro atoms. The van der Waals surface area contributed by atoms with Gasteiger partial charge in [0.25, 0.3) is 10.0 Å². The number of nitrogens with one attached hydrogen (secondary N) is 3. The topological polar surface area (TPSA) is 104 Å². The summed E-state index contributed by atoms with van der Waals surface area (Å²) in [6, 6.07) is 5.14. The van der Waals surface area contributed by atoms with Crippen LogP contribution in [-0.4, -0.2) is 28.6 Å². The smallest absolute Gasteiger partial charge is 0.278 e. The number of fused-ring (bicyclic) bond motifs is 1. The molecule has 1 aromatic carbocycles. The Labute approximate surface area is 109 Å². The van der Waals surface area contributed by atoms with Gasteiger partial charge in [-0.1, -0.05) is 0 Å². The van der Waals surface area contributed by atoms with Gasteiger partial charge in [-0.2, -0.15) is 13.5 Å². The van der Waals surface area contributed by atoms with Crippen molar-refractivity contribution in [1.82, 2.24) is 20.2 Å². The molecule has 19 heavy (non-hydrogen) atoms. The van der Waals surface area contributed by atoms with Gasteiger partial charge in [0, 0.05) is 11.1 Å². The first-order valence-electron chi connectivity index (χ1n) is 5.52. The van der Waals surface area contributed by atoms with Crippen LogP contribution in [0.2, 0.25) is 0 Å². The van der Waals surface area contributed by atoms with E-state index in [9.17, 15) is 8.42 Å². The minimum Gasteiger partial charge on any atom is -0.332 e. The summed E-state index contributed by atoms with van der Waals surface area (Å²) in [5.41, 5.74) is 1.32. The minimum atomic E-state index is -3.64. The van der Waals surface area contributed by atoms with Gasteiger partial charge in [0.15, 0.2) is 5.03 Å². The van der Waals surface area contributed by atoms with Crippen LogP contribution >= 0.6 is 0 Å². The number of anilines is 1. The first kappa shape index (κ1) is 11.7. The van der Waals surface area contributed by atoms with Crippen LogP contribution in [0.3, 0.4) is 0 Å². The van der Waals surface area contributed by atoms with Crippen LogP contribution in [0.1, 0.15) is 5.82 Å². The summed E-state index contributed by atoms with van der Waals surface area (Å²) in [7, 11) is -3.64. The van der Waals surface area contributed by atoms with Crippen LogP contribution in [0.5, 0.6) is 0 Å². The van der Waals surface area contributed by atoms with Crippen LogP contribution in [0.15, 0.2) is 35.6 Å². The Bertz CT molecular complexity index is 834. The number of benzene rings is 1. The second-order valence-electron chi connectivity index (χ2n) is 4.11. The van der Waals surface area contributed by atoms with Gasteiger partial charge in [-0.3, -0.25) is 9.82 Å². The maximum Gasteiger partial charge on any atom is 0.278 e. The number of aromatic amines is 2. The lowest BCUT2D eigenvalue weighted by Crippen LogP contribution is -2.13. The molecule has 3 aromatic rings. The predicted molar refractivity (Wildman–Crippen MR) is 70.2 cm³/mol. The summed E-state index contributed by atoms with van der Waals surface area (Å²) < 4.78 is 26.7. The summed E-state index contributed by atoms with van der Waals surface area (Å²) >= 11 is 0. The lowest BCUT2D eigenvalue weighted by atomic mass is 10.2. The van der Waals surface area contributed by atoms with Gasteiger partial charge < -0.3 is 4.98 Å². The van der Waals surface area contributed by atoms with Crippen LogP contribution in [-0.2, 0) is 10.0 Å². The highest BCUT2D eigenvalue weighted by atomic mass is 32.2. The monoisotopic (exact) mass is 277 g/mol. The van der Waals surface area contributed by atoms with E-state index < -0.39 is 10.0 Å². The maximum absolute atomic E-state index is 12.1. The van der Waals surface area contributed by atoms with Gasteiger partial charge in [0.1, 0.15) is 5.82 Å². The van der Waals surface area contributed by atoms with Gasteiger partial charge in [-0.15, -0.1) is 0 Å².